The summed E-state index contributed by atoms with van der Waals surface area (Å²) < 4.78 is 2.28. The summed E-state index contributed by atoms with van der Waals surface area (Å²) in [6.07, 6.45) is 0. The number of aromatic nitrogens is 1. The van der Waals surface area contributed by atoms with Crippen LogP contribution < -0.4 is 0 Å². The second kappa shape index (κ2) is 4.26. The van der Waals surface area contributed by atoms with E-state index in [1.54, 1.807) is 0 Å². The summed E-state index contributed by atoms with van der Waals surface area (Å²) in [5.41, 5.74) is 5.35. The van der Waals surface area contributed by atoms with Crippen molar-refractivity contribution in [2.45, 2.75) is 26.7 Å². The van der Waals surface area contributed by atoms with Crippen LogP contribution in [0.25, 0.3) is 21.8 Å². The lowest BCUT2D eigenvalue weighted by Gasteiger charge is -2.05. The summed E-state index contributed by atoms with van der Waals surface area (Å²) in [6, 6.07) is 13.5. The van der Waals surface area contributed by atoms with Crippen molar-refractivity contribution in [1.29, 1.82) is 0 Å². The normalized spacial score (nSPS) is 11.8. The molecule has 0 bridgehead atoms. The van der Waals surface area contributed by atoms with E-state index in [-0.39, 0.29) is 0 Å². The van der Waals surface area contributed by atoms with Gasteiger partial charge in [-0.3, -0.25) is 2.78 Å². The smallest absolute Gasteiger partial charge is 0.0646 e. The second-order valence-corrected chi connectivity index (χ2v) is 6.20. The zero-order valence-corrected chi connectivity index (χ0v) is 13.0. The molecule has 0 aliphatic heterocycles. The van der Waals surface area contributed by atoms with Gasteiger partial charge >= 0.3 is 0 Å². The van der Waals surface area contributed by atoms with Crippen molar-refractivity contribution in [2.24, 2.45) is 0 Å². The first-order valence-electron chi connectivity index (χ1n) is 6.29. The van der Waals surface area contributed by atoms with Gasteiger partial charge in [-0.1, -0.05) is 38.1 Å². The number of rotatable bonds is 1. The number of aryl methyl sites for hydroxylation is 1. The Morgan fingerprint density at radius 1 is 0.944 bits per heavy atom. The lowest BCUT2D eigenvalue weighted by molar-refractivity contribution is 0.868. The fourth-order valence-corrected chi connectivity index (χ4v) is 3.26. The maximum absolute atomic E-state index is 2.41. The van der Waals surface area contributed by atoms with E-state index >= 15 is 0 Å². The zero-order chi connectivity index (χ0) is 12.9. The molecule has 0 N–H and O–H groups in total. The lowest BCUT2D eigenvalue weighted by Crippen LogP contribution is -1.87. The Hall–Kier alpha value is -1.03. The molecular formula is C16H16IN. The third-order valence-corrected chi connectivity index (χ3v) is 4.59. The average molecular weight is 349 g/mol. The van der Waals surface area contributed by atoms with Crippen LogP contribution in [0.4, 0.5) is 0 Å². The highest BCUT2D eigenvalue weighted by molar-refractivity contribution is 14.1. The summed E-state index contributed by atoms with van der Waals surface area (Å²) >= 11 is 2.41. The van der Waals surface area contributed by atoms with Gasteiger partial charge in [0.2, 0.25) is 0 Å². The van der Waals surface area contributed by atoms with Gasteiger partial charge in [-0.2, -0.15) is 0 Å². The fraction of sp³-hybridized carbons (Fsp3) is 0.250. The molecule has 0 radical (unpaired) electrons. The molecule has 0 fully saturated rings. The molecule has 0 aliphatic rings. The van der Waals surface area contributed by atoms with Crippen molar-refractivity contribution in [3.63, 3.8) is 0 Å². The number of hydrogen-bond donors (Lipinski definition) is 0. The van der Waals surface area contributed by atoms with Gasteiger partial charge in [0, 0.05) is 10.8 Å². The van der Waals surface area contributed by atoms with Crippen LogP contribution in [-0.4, -0.2) is 2.78 Å². The fourth-order valence-electron chi connectivity index (χ4n) is 2.46. The Morgan fingerprint density at radius 3 is 2.22 bits per heavy atom. The SMILES string of the molecule is Cc1ccc2c3ccc(C(C)C)cc3n(I)c2c1. The molecule has 0 saturated carbocycles. The highest BCUT2D eigenvalue weighted by Crippen LogP contribution is 2.33. The summed E-state index contributed by atoms with van der Waals surface area (Å²) in [5, 5.41) is 2.70. The Balaban J connectivity index is 2.43. The second-order valence-electron chi connectivity index (χ2n) is 5.23. The van der Waals surface area contributed by atoms with Gasteiger partial charge < -0.3 is 0 Å². The largest absolute Gasteiger partial charge is 0.282 e. The van der Waals surface area contributed by atoms with Crippen molar-refractivity contribution in [3.8, 4) is 0 Å². The molecule has 2 aromatic carbocycles. The topological polar surface area (TPSA) is 4.93 Å². The van der Waals surface area contributed by atoms with Crippen molar-refractivity contribution in [3.05, 3.63) is 47.5 Å². The Bertz CT molecular complexity index is 738. The van der Waals surface area contributed by atoms with Crippen LogP contribution in [0.1, 0.15) is 30.9 Å². The lowest BCUT2D eigenvalue weighted by atomic mass is 10.0. The maximum atomic E-state index is 2.41. The first kappa shape index (κ1) is 12.0. The highest BCUT2D eigenvalue weighted by atomic mass is 127. The van der Waals surface area contributed by atoms with Gasteiger partial charge in [-0.25, -0.2) is 0 Å². The third kappa shape index (κ3) is 1.74. The van der Waals surface area contributed by atoms with Crippen molar-refractivity contribution in [1.82, 2.24) is 2.78 Å². The minimum Gasteiger partial charge on any atom is -0.282 e. The van der Waals surface area contributed by atoms with Crippen LogP contribution in [0.2, 0.25) is 0 Å². The quantitative estimate of drug-likeness (QED) is 0.517. The Labute approximate surface area is 121 Å². The number of hydrogen-bond acceptors (Lipinski definition) is 0. The van der Waals surface area contributed by atoms with Crippen molar-refractivity contribution in [2.75, 3.05) is 0 Å². The Kier molecular flexibility index (Phi) is 2.85. The first-order valence-corrected chi connectivity index (χ1v) is 7.25. The van der Waals surface area contributed by atoms with Gasteiger partial charge in [-0.15, -0.1) is 0 Å². The molecule has 0 saturated heterocycles. The van der Waals surface area contributed by atoms with E-state index in [2.05, 4.69) is 82.8 Å². The monoisotopic (exact) mass is 349 g/mol. The molecule has 0 spiro atoms. The van der Waals surface area contributed by atoms with Gasteiger partial charge in [0.15, 0.2) is 0 Å². The van der Waals surface area contributed by atoms with Crippen molar-refractivity contribution < 1.29 is 0 Å². The summed E-state index contributed by atoms with van der Waals surface area (Å²) in [7, 11) is 0. The Morgan fingerprint density at radius 2 is 1.56 bits per heavy atom. The molecular weight excluding hydrogens is 333 g/mol. The standard InChI is InChI=1S/C16H16IN/c1-10(2)12-5-7-14-13-6-4-11(3)8-15(13)18(17)16(14)9-12/h4-10H,1-3H3. The predicted molar refractivity (Wildman–Crippen MR) is 87.7 cm³/mol. The van der Waals surface area contributed by atoms with Crippen molar-refractivity contribution >= 4 is 44.7 Å². The van der Waals surface area contributed by atoms with E-state index < -0.39 is 0 Å². The summed E-state index contributed by atoms with van der Waals surface area (Å²) in [5.74, 6) is 0.575. The van der Waals surface area contributed by atoms with Crippen LogP contribution in [-0.2, 0) is 0 Å². The number of benzene rings is 2. The average Bonchev–Trinajstić information content (AvgIpc) is 2.62. The summed E-state index contributed by atoms with van der Waals surface area (Å²) in [4.78, 5) is 0. The van der Waals surface area contributed by atoms with Crippen LogP contribution in [0.15, 0.2) is 36.4 Å². The van der Waals surface area contributed by atoms with E-state index in [0.29, 0.717) is 5.92 Å². The predicted octanol–water partition coefficient (Wildman–Crippen LogP) is 5.42. The van der Waals surface area contributed by atoms with E-state index in [4.69, 9.17) is 0 Å². The molecule has 18 heavy (non-hydrogen) atoms. The molecule has 1 heterocycles. The molecule has 2 heteroatoms. The molecule has 92 valence electrons. The van der Waals surface area contributed by atoms with Crippen LogP contribution >= 0.6 is 22.9 Å². The molecule has 1 aromatic heterocycles. The minimum atomic E-state index is 0.575. The third-order valence-electron chi connectivity index (χ3n) is 3.55. The molecule has 0 aliphatic carbocycles. The number of nitrogens with zero attached hydrogens (tertiary/aromatic N) is 1. The molecule has 0 amide bonds. The van der Waals surface area contributed by atoms with E-state index in [1.165, 1.54) is 32.9 Å². The minimum absolute atomic E-state index is 0.575. The van der Waals surface area contributed by atoms with Gasteiger partial charge in [0.1, 0.15) is 0 Å². The maximum Gasteiger partial charge on any atom is 0.0646 e. The molecule has 0 unspecified atom stereocenters. The summed E-state index contributed by atoms with van der Waals surface area (Å²) in [6.45, 7) is 6.63. The van der Waals surface area contributed by atoms with E-state index in [0.717, 1.165) is 0 Å². The first-order chi connectivity index (χ1) is 8.58. The number of fused-ring (bicyclic) bond motifs is 3. The molecule has 3 aromatic rings. The molecule has 1 nitrogen and oxygen atoms in total. The van der Waals surface area contributed by atoms with Crippen LogP contribution in [0.3, 0.4) is 0 Å². The zero-order valence-electron chi connectivity index (χ0n) is 10.9. The van der Waals surface area contributed by atoms with Gasteiger partial charge in [0.05, 0.1) is 33.9 Å². The highest BCUT2D eigenvalue weighted by Gasteiger charge is 2.10. The van der Waals surface area contributed by atoms with E-state index in [1.807, 2.05) is 0 Å². The molecule has 3 rings (SSSR count). The number of halogens is 1. The van der Waals surface area contributed by atoms with E-state index in [9.17, 15) is 0 Å². The van der Waals surface area contributed by atoms with Gasteiger partial charge in [-0.05, 0) is 36.1 Å². The molecule has 0 atom stereocenters. The van der Waals surface area contributed by atoms with Gasteiger partial charge in [0.25, 0.3) is 0 Å². The van der Waals surface area contributed by atoms with Crippen LogP contribution in [0.5, 0.6) is 0 Å². The van der Waals surface area contributed by atoms with Crippen LogP contribution in [0, 0.1) is 6.92 Å².